The molecule has 1 aromatic heterocycles. The molecule has 1 aromatic carbocycles. The van der Waals surface area contributed by atoms with E-state index in [4.69, 9.17) is 4.42 Å². The molecule has 1 heterocycles. The van der Waals surface area contributed by atoms with Gasteiger partial charge in [0.15, 0.2) is 0 Å². The summed E-state index contributed by atoms with van der Waals surface area (Å²) in [4.78, 5) is 0. The minimum absolute atomic E-state index is 0. The minimum atomic E-state index is 0. The summed E-state index contributed by atoms with van der Waals surface area (Å²) in [7, 11) is 0. The third-order valence-electron chi connectivity index (χ3n) is 2.57. The lowest BCUT2D eigenvalue weighted by Crippen LogP contribution is -2.18. The van der Waals surface area contributed by atoms with Crippen LogP contribution in [0.5, 0.6) is 0 Å². The van der Waals surface area contributed by atoms with Crippen LogP contribution in [0.2, 0.25) is 0 Å². The van der Waals surface area contributed by atoms with Gasteiger partial charge in [-0.15, -0.1) is 12.4 Å². The highest BCUT2D eigenvalue weighted by Gasteiger charge is 2.03. The molecule has 0 atom stereocenters. The molecule has 0 aliphatic carbocycles. The zero-order chi connectivity index (χ0) is 12.1. The van der Waals surface area contributed by atoms with E-state index in [2.05, 4.69) is 31.3 Å². The van der Waals surface area contributed by atoms with E-state index in [0.717, 1.165) is 30.2 Å². The summed E-state index contributed by atoms with van der Waals surface area (Å²) in [5, 5.41) is 3.37. The van der Waals surface area contributed by atoms with Crippen LogP contribution in [-0.2, 0) is 6.54 Å². The number of hydrogen-bond acceptors (Lipinski definition) is 2. The highest BCUT2D eigenvalue weighted by atomic mass is 35.5. The number of halogens is 1. The Morgan fingerprint density at radius 1 is 1.06 bits per heavy atom. The summed E-state index contributed by atoms with van der Waals surface area (Å²) in [6, 6.07) is 14.2. The molecule has 2 nitrogen and oxygen atoms in total. The van der Waals surface area contributed by atoms with Crippen LogP contribution in [0.15, 0.2) is 46.9 Å². The molecule has 0 saturated carbocycles. The molecular formula is C15H20ClNO. The van der Waals surface area contributed by atoms with Crippen LogP contribution in [0.25, 0.3) is 11.3 Å². The summed E-state index contributed by atoms with van der Waals surface area (Å²) in [6.07, 6.45) is 0. The molecule has 0 unspecified atom stereocenters. The fourth-order valence-corrected chi connectivity index (χ4v) is 1.71. The summed E-state index contributed by atoms with van der Waals surface area (Å²) in [5.41, 5.74) is 1.13. The average molecular weight is 266 g/mol. The van der Waals surface area contributed by atoms with E-state index in [0.29, 0.717) is 5.92 Å². The van der Waals surface area contributed by atoms with Crippen LogP contribution >= 0.6 is 12.4 Å². The lowest BCUT2D eigenvalue weighted by atomic mass is 10.2. The molecule has 0 aliphatic heterocycles. The molecule has 0 fully saturated rings. The van der Waals surface area contributed by atoms with Gasteiger partial charge in [-0.05, 0) is 24.6 Å². The van der Waals surface area contributed by atoms with Gasteiger partial charge in [-0.1, -0.05) is 44.2 Å². The van der Waals surface area contributed by atoms with E-state index in [1.54, 1.807) is 0 Å². The van der Waals surface area contributed by atoms with Gasteiger partial charge in [-0.2, -0.15) is 0 Å². The quantitative estimate of drug-likeness (QED) is 0.880. The Morgan fingerprint density at radius 2 is 1.78 bits per heavy atom. The molecule has 0 saturated heterocycles. The van der Waals surface area contributed by atoms with Gasteiger partial charge in [-0.25, -0.2) is 0 Å². The van der Waals surface area contributed by atoms with Gasteiger partial charge in [0.05, 0.1) is 6.54 Å². The molecule has 98 valence electrons. The van der Waals surface area contributed by atoms with E-state index in [-0.39, 0.29) is 12.4 Å². The van der Waals surface area contributed by atoms with E-state index in [1.165, 1.54) is 0 Å². The number of rotatable bonds is 5. The molecule has 0 aliphatic rings. The second-order valence-electron chi connectivity index (χ2n) is 4.66. The Kier molecular flexibility index (Phi) is 5.96. The first-order valence-electron chi connectivity index (χ1n) is 6.10. The standard InChI is InChI=1S/C15H19NO.ClH/c1-12(2)10-16-11-14-8-9-15(17-14)13-6-4-3-5-7-13;/h3-9,12,16H,10-11H2,1-2H3;1H. The summed E-state index contributed by atoms with van der Waals surface area (Å²) >= 11 is 0. The van der Waals surface area contributed by atoms with Gasteiger partial charge in [0.2, 0.25) is 0 Å². The maximum absolute atomic E-state index is 5.79. The summed E-state index contributed by atoms with van der Waals surface area (Å²) in [5.74, 6) is 2.59. The Hall–Kier alpha value is -1.25. The fourth-order valence-electron chi connectivity index (χ4n) is 1.71. The Labute approximate surface area is 115 Å². The van der Waals surface area contributed by atoms with Crippen molar-refractivity contribution in [2.75, 3.05) is 6.54 Å². The molecule has 0 spiro atoms. The van der Waals surface area contributed by atoms with Crippen molar-refractivity contribution in [3.63, 3.8) is 0 Å². The van der Waals surface area contributed by atoms with Crippen molar-refractivity contribution in [3.05, 3.63) is 48.2 Å². The summed E-state index contributed by atoms with van der Waals surface area (Å²) in [6.45, 7) is 6.21. The average Bonchev–Trinajstić information content (AvgIpc) is 2.78. The Bertz CT molecular complexity index is 451. The van der Waals surface area contributed by atoms with Crippen molar-refractivity contribution in [3.8, 4) is 11.3 Å². The van der Waals surface area contributed by atoms with E-state index in [1.807, 2.05) is 30.3 Å². The number of furan rings is 1. The zero-order valence-corrected chi connectivity index (χ0v) is 11.7. The van der Waals surface area contributed by atoms with Crippen LogP contribution in [-0.4, -0.2) is 6.54 Å². The molecule has 1 N–H and O–H groups in total. The molecule has 0 amide bonds. The van der Waals surface area contributed by atoms with Gasteiger partial charge in [0.1, 0.15) is 11.5 Å². The minimum Gasteiger partial charge on any atom is -0.460 e. The smallest absolute Gasteiger partial charge is 0.134 e. The molecule has 0 radical (unpaired) electrons. The van der Waals surface area contributed by atoms with Crippen LogP contribution in [0.1, 0.15) is 19.6 Å². The molecule has 2 rings (SSSR count). The van der Waals surface area contributed by atoms with E-state index in [9.17, 15) is 0 Å². The SMILES string of the molecule is CC(C)CNCc1ccc(-c2ccccc2)o1.Cl. The van der Waals surface area contributed by atoms with E-state index < -0.39 is 0 Å². The zero-order valence-electron chi connectivity index (χ0n) is 10.8. The van der Waals surface area contributed by atoms with Crippen LogP contribution in [0, 0.1) is 5.92 Å². The maximum atomic E-state index is 5.79. The van der Waals surface area contributed by atoms with Crippen molar-refractivity contribution in [2.45, 2.75) is 20.4 Å². The highest BCUT2D eigenvalue weighted by Crippen LogP contribution is 2.21. The monoisotopic (exact) mass is 265 g/mol. The van der Waals surface area contributed by atoms with Gasteiger partial charge >= 0.3 is 0 Å². The third-order valence-corrected chi connectivity index (χ3v) is 2.57. The Balaban J connectivity index is 0.00000162. The first-order chi connectivity index (χ1) is 8.25. The second kappa shape index (κ2) is 7.24. The van der Waals surface area contributed by atoms with Gasteiger partial charge in [0.25, 0.3) is 0 Å². The number of nitrogens with one attached hydrogen (secondary N) is 1. The lowest BCUT2D eigenvalue weighted by Gasteiger charge is -2.05. The number of hydrogen-bond donors (Lipinski definition) is 1. The normalized spacial score (nSPS) is 10.4. The highest BCUT2D eigenvalue weighted by molar-refractivity contribution is 5.85. The molecule has 0 bridgehead atoms. The summed E-state index contributed by atoms with van der Waals surface area (Å²) < 4.78 is 5.79. The predicted octanol–water partition coefficient (Wildman–Crippen LogP) is 4.11. The van der Waals surface area contributed by atoms with Gasteiger partial charge in [0, 0.05) is 5.56 Å². The first kappa shape index (κ1) is 14.8. The first-order valence-corrected chi connectivity index (χ1v) is 6.10. The van der Waals surface area contributed by atoms with Crippen LogP contribution < -0.4 is 5.32 Å². The maximum Gasteiger partial charge on any atom is 0.134 e. The van der Waals surface area contributed by atoms with E-state index >= 15 is 0 Å². The van der Waals surface area contributed by atoms with Gasteiger partial charge in [-0.3, -0.25) is 0 Å². The predicted molar refractivity (Wildman–Crippen MR) is 77.9 cm³/mol. The molecule has 2 aromatic rings. The van der Waals surface area contributed by atoms with Crippen molar-refractivity contribution < 1.29 is 4.42 Å². The number of benzene rings is 1. The second-order valence-corrected chi connectivity index (χ2v) is 4.66. The Morgan fingerprint density at radius 3 is 2.44 bits per heavy atom. The van der Waals surface area contributed by atoms with Crippen LogP contribution in [0.3, 0.4) is 0 Å². The fraction of sp³-hybridized carbons (Fsp3) is 0.333. The van der Waals surface area contributed by atoms with Crippen LogP contribution in [0.4, 0.5) is 0 Å². The molecular weight excluding hydrogens is 246 g/mol. The topological polar surface area (TPSA) is 25.2 Å². The van der Waals surface area contributed by atoms with Gasteiger partial charge < -0.3 is 9.73 Å². The largest absolute Gasteiger partial charge is 0.460 e. The molecule has 18 heavy (non-hydrogen) atoms. The van der Waals surface area contributed by atoms with Crippen molar-refractivity contribution in [2.24, 2.45) is 5.92 Å². The van der Waals surface area contributed by atoms with Crippen molar-refractivity contribution in [1.82, 2.24) is 5.32 Å². The molecule has 3 heteroatoms. The van der Waals surface area contributed by atoms with Crippen molar-refractivity contribution >= 4 is 12.4 Å². The lowest BCUT2D eigenvalue weighted by molar-refractivity contribution is 0.472. The van der Waals surface area contributed by atoms with Crippen molar-refractivity contribution in [1.29, 1.82) is 0 Å². The third kappa shape index (κ3) is 4.21.